The Morgan fingerprint density at radius 1 is 1.58 bits per heavy atom. The molecule has 0 saturated heterocycles. The summed E-state index contributed by atoms with van der Waals surface area (Å²) in [6, 6.07) is 0. The van der Waals surface area contributed by atoms with Gasteiger partial charge in [0.15, 0.2) is 0 Å². The minimum absolute atomic E-state index is 0.0284. The number of carbonyl (C=O) groups excluding carboxylic acids is 1. The number of hydrogen-bond acceptors (Lipinski definition) is 3. The molecular weight excluding hydrogens is 154 g/mol. The minimum Gasteiger partial charge on any atom is -0.340 e. The molecule has 1 heterocycles. The zero-order chi connectivity index (χ0) is 8.97. The first kappa shape index (κ1) is 8.64. The normalized spacial score (nSPS) is 9.50. The van der Waals surface area contributed by atoms with Gasteiger partial charge in [-0.1, -0.05) is 0 Å². The van der Waals surface area contributed by atoms with Crippen molar-refractivity contribution in [3.05, 3.63) is 24.3 Å². The van der Waals surface area contributed by atoms with Gasteiger partial charge in [0.05, 0.1) is 18.4 Å². The number of rotatable bonds is 2. The molecule has 0 unspecified atom stereocenters. The molecule has 0 N–H and O–H groups in total. The molecule has 0 saturated carbocycles. The van der Waals surface area contributed by atoms with Crippen LogP contribution in [0.3, 0.4) is 0 Å². The fourth-order valence-electron chi connectivity index (χ4n) is 0.766. The van der Waals surface area contributed by atoms with E-state index in [1.54, 1.807) is 30.5 Å². The summed E-state index contributed by atoms with van der Waals surface area (Å²) in [5, 5.41) is 0. The van der Waals surface area contributed by atoms with Crippen LogP contribution in [-0.2, 0) is 11.3 Å². The largest absolute Gasteiger partial charge is 0.340 e. The highest BCUT2D eigenvalue weighted by Crippen LogP contribution is 1.96. The van der Waals surface area contributed by atoms with Gasteiger partial charge in [-0.2, -0.15) is 0 Å². The molecular formula is C8H11N3O. The standard InChI is InChI=1S/C8H11N3O/c1-7(12)11(2)6-8-5-9-3-4-10-8/h3-5H,6H2,1-2H3. The van der Waals surface area contributed by atoms with Crippen LogP contribution in [0.5, 0.6) is 0 Å². The quantitative estimate of drug-likeness (QED) is 0.639. The molecule has 0 aromatic carbocycles. The lowest BCUT2D eigenvalue weighted by Crippen LogP contribution is -2.23. The minimum atomic E-state index is 0.0284. The average Bonchev–Trinajstić information content (AvgIpc) is 2.06. The lowest BCUT2D eigenvalue weighted by Gasteiger charge is -2.12. The highest BCUT2D eigenvalue weighted by atomic mass is 16.2. The lowest BCUT2D eigenvalue weighted by atomic mass is 10.4. The maximum absolute atomic E-state index is 10.8. The summed E-state index contributed by atoms with van der Waals surface area (Å²) in [4.78, 5) is 20.4. The Balaban J connectivity index is 2.58. The predicted molar refractivity (Wildman–Crippen MR) is 44.2 cm³/mol. The molecule has 0 radical (unpaired) electrons. The number of aromatic nitrogens is 2. The maximum Gasteiger partial charge on any atom is 0.219 e. The Kier molecular flexibility index (Phi) is 2.74. The summed E-state index contributed by atoms with van der Waals surface area (Å²) in [5.74, 6) is 0.0284. The van der Waals surface area contributed by atoms with Gasteiger partial charge in [-0.25, -0.2) is 0 Å². The molecule has 12 heavy (non-hydrogen) atoms. The van der Waals surface area contributed by atoms with E-state index >= 15 is 0 Å². The van der Waals surface area contributed by atoms with E-state index in [9.17, 15) is 4.79 Å². The van der Waals surface area contributed by atoms with Crippen LogP contribution >= 0.6 is 0 Å². The maximum atomic E-state index is 10.8. The molecule has 1 aromatic rings. The molecule has 0 atom stereocenters. The molecule has 0 bridgehead atoms. The van der Waals surface area contributed by atoms with Crippen LogP contribution in [0.25, 0.3) is 0 Å². The van der Waals surface area contributed by atoms with E-state index in [1.807, 2.05) is 0 Å². The third-order valence-corrected chi connectivity index (χ3v) is 1.55. The van der Waals surface area contributed by atoms with Crippen molar-refractivity contribution in [3.63, 3.8) is 0 Å². The zero-order valence-electron chi connectivity index (χ0n) is 7.19. The molecule has 1 amide bonds. The predicted octanol–water partition coefficient (Wildman–Crippen LogP) is 0.455. The molecule has 4 heteroatoms. The van der Waals surface area contributed by atoms with Crippen LogP contribution in [-0.4, -0.2) is 27.8 Å². The van der Waals surface area contributed by atoms with E-state index in [1.165, 1.54) is 6.92 Å². The monoisotopic (exact) mass is 165 g/mol. The second-order valence-corrected chi connectivity index (χ2v) is 2.57. The zero-order valence-corrected chi connectivity index (χ0v) is 7.19. The summed E-state index contributed by atoms with van der Waals surface area (Å²) < 4.78 is 0. The fourth-order valence-corrected chi connectivity index (χ4v) is 0.766. The van der Waals surface area contributed by atoms with E-state index in [0.29, 0.717) is 6.54 Å². The van der Waals surface area contributed by atoms with E-state index < -0.39 is 0 Å². The number of nitrogens with zero attached hydrogens (tertiary/aromatic N) is 3. The average molecular weight is 165 g/mol. The van der Waals surface area contributed by atoms with Crippen molar-refractivity contribution < 1.29 is 4.79 Å². The highest BCUT2D eigenvalue weighted by molar-refractivity contribution is 5.72. The van der Waals surface area contributed by atoms with Crippen molar-refractivity contribution in [2.75, 3.05) is 7.05 Å². The van der Waals surface area contributed by atoms with Crippen molar-refractivity contribution in [1.82, 2.24) is 14.9 Å². The molecule has 1 rings (SSSR count). The molecule has 64 valence electrons. The number of hydrogen-bond donors (Lipinski definition) is 0. The van der Waals surface area contributed by atoms with Gasteiger partial charge in [-0.3, -0.25) is 14.8 Å². The SMILES string of the molecule is CC(=O)N(C)Cc1cnccn1. The molecule has 0 aliphatic heterocycles. The molecule has 0 spiro atoms. The Hall–Kier alpha value is -1.45. The van der Waals surface area contributed by atoms with Gasteiger partial charge < -0.3 is 4.90 Å². The smallest absolute Gasteiger partial charge is 0.219 e. The highest BCUT2D eigenvalue weighted by Gasteiger charge is 2.02. The van der Waals surface area contributed by atoms with E-state index in [0.717, 1.165) is 5.69 Å². The van der Waals surface area contributed by atoms with Crippen molar-refractivity contribution in [1.29, 1.82) is 0 Å². The molecule has 0 aliphatic carbocycles. The first-order valence-electron chi connectivity index (χ1n) is 3.66. The first-order valence-corrected chi connectivity index (χ1v) is 3.66. The number of carbonyl (C=O) groups is 1. The van der Waals surface area contributed by atoms with Gasteiger partial charge in [0.2, 0.25) is 5.91 Å². The second-order valence-electron chi connectivity index (χ2n) is 2.57. The second kappa shape index (κ2) is 3.80. The molecule has 0 fully saturated rings. The van der Waals surface area contributed by atoms with Crippen LogP contribution in [0.15, 0.2) is 18.6 Å². The van der Waals surface area contributed by atoms with Crippen molar-refractivity contribution in [2.24, 2.45) is 0 Å². The van der Waals surface area contributed by atoms with Gasteiger partial charge in [-0.15, -0.1) is 0 Å². The van der Waals surface area contributed by atoms with Crippen molar-refractivity contribution >= 4 is 5.91 Å². The summed E-state index contributed by atoms with van der Waals surface area (Å²) >= 11 is 0. The van der Waals surface area contributed by atoms with Crippen LogP contribution in [0, 0.1) is 0 Å². The summed E-state index contributed by atoms with van der Waals surface area (Å²) in [6.45, 7) is 2.04. The molecule has 1 aromatic heterocycles. The van der Waals surface area contributed by atoms with Crippen LogP contribution in [0.4, 0.5) is 0 Å². The summed E-state index contributed by atoms with van der Waals surface area (Å²) in [7, 11) is 1.73. The number of amides is 1. The van der Waals surface area contributed by atoms with Gasteiger partial charge >= 0.3 is 0 Å². The third kappa shape index (κ3) is 2.30. The van der Waals surface area contributed by atoms with Crippen LogP contribution in [0.2, 0.25) is 0 Å². The molecule has 4 nitrogen and oxygen atoms in total. The molecule has 0 aliphatic rings. The topological polar surface area (TPSA) is 46.1 Å². The van der Waals surface area contributed by atoms with Crippen molar-refractivity contribution in [3.8, 4) is 0 Å². The van der Waals surface area contributed by atoms with E-state index in [4.69, 9.17) is 0 Å². The van der Waals surface area contributed by atoms with Gasteiger partial charge in [0.25, 0.3) is 0 Å². The van der Waals surface area contributed by atoms with Gasteiger partial charge in [0.1, 0.15) is 0 Å². The Morgan fingerprint density at radius 3 is 2.83 bits per heavy atom. The van der Waals surface area contributed by atoms with E-state index in [2.05, 4.69) is 9.97 Å². The van der Waals surface area contributed by atoms with Crippen LogP contribution in [0.1, 0.15) is 12.6 Å². The van der Waals surface area contributed by atoms with Crippen LogP contribution < -0.4 is 0 Å². The van der Waals surface area contributed by atoms with E-state index in [-0.39, 0.29) is 5.91 Å². The Bertz CT molecular complexity index is 260. The first-order chi connectivity index (χ1) is 5.70. The Morgan fingerprint density at radius 2 is 2.33 bits per heavy atom. The lowest BCUT2D eigenvalue weighted by molar-refractivity contribution is -0.128. The van der Waals surface area contributed by atoms with Crippen molar-refractivity contribution in [2.45, 2.75) is 13.5 Å². The fraction of sp³-hybridized carbons (Fsp3) is 0.375. The van der Waals surface area contributed by atoms with Gasteiger partial charge in [-0.05, 0) is 0 Å². The summed E-state index contributed by atoms with van der Waals surface area (Å²) in [6.07, 6.45) is 4.88. The van der Waals surface area contributed by atoms with Gasteiger partial charge in [0, 0.05) is 26.4 Å². The third-order valence-electron chi connectivity index (χ3n) is 1.55. The Labute approximate surface area is 71.3 Å². The summed E-state index contributed by atoms with van der Waals surface area (Å²) in [5.41, 5.74) is 0.801.